The van der Waals surface area contributed by atoms with Crippen molar-refractivity contribution in [1.29, 1.82) is 0 Å². The molecule has 0 saturated heterocycles. The van der Waals surface area contributed by atoms with Gasteiger partial charge >= 0.3 is 0 Å². The number of benzene rings is 1. The van der Waals surface area contributed by atoms with E-state index in [9.17, 15) is 17.2 Å². The quantitative estimate of drug-likeness (QED) is 0.515. The fraction of sp³-hybridized carbons (Fsp3) is 0.462. The molecule has 1 aromatic carbocycles. The van der Waals surface area contributed by atoms with Crippen molar-refractivity contribution in [3.05, 3.63) is 40.0 Å². The molecular weight excluding hydrogens is 328 g/mol. The van der Waals surface area contributed by atoms with Gasteiger partial charge in [0.25, 0.3) is 0 Å². The predicted molar refractivity (Wildman–Crippen MR) is 80.2 cm³/mol. The molecule has 1 heterocycles. The minimum atomic E-state index is -3.77. The Labute approximate surface area is 130 Å². The summed E-state index contributed by atoms with van der Waals surface area (Å²) < 4.78 is 51.8. The van der Waals surface area contributed by atoms with E-state index < -0.39 is 38.4 Å². The Hall–Kier alpha value is -2.19. The molecule has 7 nitrogen and oxygen atoms in total. The van der Waals surface area contributed by atoms with Crippen LogP contribution in [0.25, 0.3) is 10.4 Å². The topological polar surface area (TPSA) is 121 Å². The van der Waals surface area contributed by atoms with Gasteiger partial charge in [-0.05, 0) is 36.6 Å². The van der Waals surface area contributed by atoms with E-state index in [0.29, 0.717) is 12.8 Å². The van der Waals surface area contributed by atoms with Gasteiger partial charge in [-0.15, -0.1) is 0 Å². The SMILES string of the molecule is [N-]=[N+]=Nc1ccc(F)c([C@@]2(CF)CS(=O)(=O)C3(CC3)C(N)=N2)c1. The molecule has 0 amide bonds. The minimum absolute atomic E-state index is 0.0367. The molecular formula is C13H13F2N5O2S. The molecule has 1 spiro atoms. The van der Waals surface area contributed by atoms with E-state index in [1.165, 1.54) is 6.07 Å². The lowest BCUT2D eigenvalue weighted by Crippen LogP contribution is -2.52. The maximum absolute atomic E-state index is 14.2. The zero-order valence-corrected chi connectivity index (χ0v) is 12.7. The fourth-order valence-electron chi connectivity index (χ4n) is 2.92. The zero-order valence-electron chi connectivity index (χ0n) is 11.9. The first-order valence-corrected chi connectivity index (χ1v) is 8.45. The van der Waals surface area contributed by atoms with Crippen LogP contribution in [0, 0.1) is 5.82 Å². The Morgan fingerprint density at radius 3 is 2.65 bits per heavy atom. The standard InChI is InChI=1S/C13H13F2N5O2S/c14-6-12(9-5-8(19-20-17)1-2-10(9)15)7-23(21,22)13(3-4-13)11(16)18-12/h1-2,5H,3-4,6-7H2,(H2,16,18)/t12-/m1/s1. The molecule has 0 bridgehead atoms. The molecule has 122 valence electrons. The minimum Gasteiger partial charge on any atom is -0.386 e. The van der Waals surface area contributed by atoms with E-state index in [2.05, 4.69) is 15.0 Å². The molecule has 1 aliphatic carbocycles. The number of rotatable bonds is 3. The highest BCUT2D eigenvalue weighted by Gasteiger charge is 2.63. The van der Waals surface area contributed by atoms with E-state index in [0.717, 1.165) is 12.1 Å². The van der Waals surface area contributed by atoms with E-state index in [-0.39, 0.29) is 17.1 Å². The third kappa shape index (κ3) is 2.17. The molecule has 2 N–H and O–H groups in total. The van der Waals surface area contributed by atoms with Crippen molar-refractivity contribution in [2.24, 2.45) is 15.8 Å². The van der Waals surface area contributed by atoms with Crippen LogP contribution in [0.5, 0.6) is 0 Å². The smallest absolute Gasteiger partial charge is 0.166 e. The number of azide groups is 1. The van der Waals surface area contributed by atoms with Crippen molar-refractivity contribution in [1.82, 2.24) is 0 Å². The summed E-state index contributed by atoms with van der Waals surface area (Å²) in [6.45, 7) is -1.24. The molecule has 10 heteroatoms. The van der Waals surface area contributed by atoms with Crippen molar-refractivity contribution < 1.29 is 17.2 Å². The van der Waals surface area contributed by atoms with Gasteiger partial charge in [-0.1, -0.05) is 5.11 Å². The first-order valence-electron chi connectivity index (χ1n) is 6.79. The van der Waals surface area contributed by atoms with Crippen LogP contribution in [0.2, 0.25) is 0 Å². The number of sulfone groups is 1. The predicted octanol–water partition coefficient (Wildman–Crippen LogP) is 2.25. The summed E-state index contributed by atoms with van der Waals surface area (Å²) in [5, 5.41) is 3.33. The van der Waals surface area contributed by atoms with Crippen LogP contribution in [0.4, 0.5) is 14.5 Å². The van der Waals surface area contributed by atoms with Crippen LogP contribution in [0.15, 0.2) is 28.3 Å². The van der Waals surface area contributed by atoms with Gasteiger partial charge in [0.05, 0.1) is 5.75 Å². The zero-order chi connectivity index (χ0) is 16.9. The van der Waals surface area contributed by atoms with E-state index in [4.69, 9.17) is 11.3 Å². The number of hydrogen-bond donors (Lipinski definition) is 1. The summed E-state index contributed by atoms with van der Waals surface area (Å²) >= 11 is 0. The summed E-state index contributed by atoms with van der Waals surface area (Å²) in [7, 11) is -3.77. The fourth-order valence-corrected chi connectivity index (χ4v) is 5.21. The second kappa shape index (κ2) is 4.90. The van der Waals surface area contributed by atoms with Crippen LogP contribution in [-0.2, 0) is 15.4 Å². The molecule has 1 saturated carbocycles. The van der Waals surface area contributed by atoms with E-state index in [1.54, 1.807) is 0 Å². The number of hydrogen-bond acceptors (Lipinski definition) is 5. The van der Waals surface area contributed by atoms with E-state index >= 15 is 0 Å². The van der Waals surface area contributed by atoms with Gasteiger partial charge in [0.15, 0.2) is 9.84 Å². The summed E-state index contributed by atoms with van der Waals surface area (Å²) in [4.78, 5) is 6.62. The van der Waals surface area contributed by atoms with Gasteiger partial charge in [-0.25, -0.2) is 17.2 Å². The Bertz CT molecular complexity index is 859. The van der Waals surface area contributed by atoms with Crippen LogP contribution < -0.4 is 5.73 Å². The van der Waals surface area contributed by atoms with Gasteiger partial charge < -0.3 is 5.73 Å². The van der Waals surface area contributed by atoms with Gasteiger partial charge in [0, 0.05) is 16.2 Å². The molecule has 2 aliphatic rings. The van der Waals surface area contributed by atoms with Crippen molar-refractivity contribution in [3.8, 4) is 0 Å². The average Bonchev–Trinajstić information content (AvgIpc) is 3.29. The number of nitrogens with zero attached hydrogens (tertiary/aromatic N) is 4. The Balaban J connectivity index is 2.22. The highest BCUT2D eigenvalue weighted by atomic mass is 32.2. The highest BCUT2D eigenvalue weighted by Crippen LogP contribution is 2.50. The number of aliphatic imine (C=N–C) groups is 1. The molecule has 1 aliphatic heterocycles. The highest BCUT2D eigenvalue weighted by molar-refractivity contribution is 7.94. The molecule has 0 unspecified atom stereocenters. The summed E-state index contributed by atoms with van der Waals surface area (Å²) in [6.07, 6.45) is 0.683. The first-order chi connectivity index (χ1) is 10.8. The summed E-state index contributed by atoms with van der Waals surface area (Å²) in [5.74, 6) is -1.69. The molecule has 23 heavy (non-hydrogen) atoms. The molecule has 1 fully saturated rings. The van der Waals surface area contributed by atoms with E-state index in [1.807, 2.05) is 0 Å². The molecule has 0 radical (unpaired) electrons. The van der Waals surface area contributed by atoms with Crippen LogP contribution in [0.1, 0.15) is 18.4 Å². The van der Waals surface area contributed by atoms with Gasteiger partial charge in [-0.2, -0.15) is 0 Å². The Morgan fingerprint density at radius 2 is 2.13 bits per heavy atom. The second-order valence-electron chi connectivity index (χ2n) is 5.77. The largest absolute Gasteiger partial charge is 0.386 e. The van der Waals surface area contributed by atoms with Crippen molar-refractivity contribution >= 4 is 21.4 Å². The number of halogens is 2. The molecule has 1 aromatic rings. The first kappa shape index (κ1) is 15.7. The monoisotopic (exact) mass is 341 g/mol. The normalized spacial score (nSPS) is 27.1. The number of amidine groups is 1. The number of alkyl halides is 1. The second-order valence-corrected chi connectivity index (χ2v) is 8.07. The lowest BCUT2D eigenvalue weighted by atomic mass is 9.92. The third-order valence-corrected chi connectivity index (χ3v) is 7.03. The third-order valence-electron chi connectivity index (χ3n) is 4.36. The lowest BCUT2D eigenvalue weighted by molar-refractivity contribution is 0.325. The average molecular weight is 341 g/mol. The van der Waals surface area contributed by atoms with Crippen LogP contribution in [0.3, 0.4) is 0 Å². The van der Waals surface area contributed by atoms with Crippen LogP contribution in [-0.4, -0.2) is 31.4 Å². The molecule has 3 rings (SSSR count). The lowest BCUT2D eigenvalue weighted by Gasteiger charge is -2.35. The van der Waals surface area contributed by atoms with Crippen molar-refractivity contribution in [3.63, 3.8) is 0 Å². The molecule has 1 atom stereocenters. The van der Waals surface area contributed by atoms with Gasteiger partial charge in [-0.3, -0.25) is 4.99 Å². The van der Waals surface area contributed by atoms with Crippen molar-refractivity contribution in [2.75, 3.05) is 12.4 Å². The Kier molecular flexibility index (Phi) is 3.35. The van der Waals surface area contributed by atoms with Crippen LogP contribution >= 0.6 is 0 Å². The van der Waals surface area contributed by atoms with Gasteiger partial charge in [0.2, 0.25) is 0 Å². The Morgan fingerprint density at radius 1 is 1.43 bits per heavy atom. The maximum Gasteiger partial charge on any atom is 0.166 e. The maximum atomic E-state index is 14.2. The molecule has 0 aromatic heterocycles. The summed E-state index contributed by atoms with van der Waals surface area (Å²) in [6, 6.07) is 3.29. The number of nitrogens with two attached hydrogens (primary N) is 1. The van der Waals surface area contributed by atoms with Gasteiger partial charge in [0.1, 0.15) is 28.6 Å². The van der Waals surface area contributed by atoms with Crippen molar-refractivity contribution in [2.45, 2.75) is 23.1 Å². The summed E-state index contributed by atoms with van der Waals surface area (Å²) in [5.41, 5.74) is 12.0.